The van der Waals surface area contributed by atoms with Gasteiger partial charge in [-0.15, -0.1) is 11.3 Å². The van der Waals surface area contributed by atoms with Gasteiger partial charge in [-0.2, -0.15) is 0 Å². The van der Waals surface area contributed by atoms with E-state index in [0.29, 0.717) is 5.92 Å². The summed E-state index contributed by atoms with van der Waals surface area (Å²) in [5.41, 5.74) is 6.90. The van der Waals surface area contributed by atoms with Gasteiger partial charge in [-0.05, 0) is 71.7 Å². The van der Waals surface area contributed by atoms with Crippen molar-refractivity contribution in [3.05, 3.63) is 83.6 Å². The van der Waals surface area contributed by atoms with E-state index < -0.39 is 0 Å². The van der Waals surface area contributed by atoms with E-state index in [1.807, 2.05) is 6.07 Å². The zero-order chi connectivity index (χ0) is 25.1. The van der Waals surface area contributed by atoms with Gasteiger partial charge in [0.05, 0.1) is 17.4 Å². The third-order valence-electron chi connectivity index (χ3n) is 7.03. The Balaban J connectivity index is 1.46. The summed E-state index contributed by atoms with van der Waals surface area (Å²) in [6.45, 7) is 9.49. The Morgan fingerprint density at radius 1 is 0.944 bits per heavy atom. The van der Waals surface area contributed by atoms with E-state index >= 15 is 0 Å². The van der Waals surface area contributed by atoms with Gasteiger partial charge in [0, 0.05) is 22.5 Å². The summed E-state index contributed by atoms with van der Waals surface area (Å²) in [4.78, 5) is 15.1. The van der Waals surface area contributed by atoms with E-state index in [9.17, 15) is 4.79 Å². The van der Waals surface area contributed by atoms with Crippen molar-refractivity contribution < 1.29 is 9.21 Å². The van der Waals surface area contributed by atoms with Crippen LogP contribution >= 0.6 is 11.3 Å². The number of nitrogens with one attached hydrogen (secondary N) is 2. The number of benzene rings is 2. The van der Waals surface area contributed by atoms with E-state index in [-0.39, 0.29) is 11.3 Å². The number of furan rings is 1. The summed E-state index contributed by atoms with van der Waals surface area (Å²) in [5.74, 6) is 0.571. The quantitative estimate of drug-likeness (QED) is 0.292. The molecule has 2 N–H and O–H groups in total. The minimum atomic E-state index is 0.0207. The highest BCUT2D eigenvalue weighted by Crippen LogP contribution is 2.40. The zero-order valence-electron chi connectivity index (χ0n) is 21.3. The monoisotopic (exact) mass is 498 g/mol. The molecule has 5 rings (SSSR count). The highest BCUT2D eigenvalue weighted by atomic mass is 32.1. The molecular weight excluding hydrogens is 464 g/mol. The Bertz CT molecular complexity index is 1290. The molecule has 2 aromatic carbocycles. The predicted octanol–water partition coefficient (Wildman–Crippen LogP) is 7.37. The Labute approximate surface area is 217 Å². The molecule has 0 radical (unpaired) electrons. The van der Waals surface area contributed by atoms with Gasteiger partial charge in [-0.25, -0.2) is 0 Å². The van der Waals surface area contributed by atoms with Gasteiger partial charge < -0.3 is 15.1 Å². The molecular formula is C31H34N2O2S. The summed E-state index contributed by atoms with van der Waals surface area (Å²) >= 11 is 1.58. The maximum Gasteiger partial charge on any atom is 0.261 e. The number of hydrogen-bond donors (Lipinski definition) is 2. The van der Waals surface area contributed by atoms with Crippen LogP contribution in [0.1, 0.15) is 48.8 Å². The Morgan fingerprint density at radius 3 is 2.25 bits per heavy atom. The van der Waals surface area contributed by atoms with Crippen LogP contribution < -0.4 is 10.6 Å². The molecule has 0 aliphatic carbocycles. The highest BCUT2D eigenvalue weighted by Gasteiger charge is 2.20. The first-order chi connectivity index (χ1) is 17.4. The lowest BCUT2D eigenvalue weighted by Crippen LogP contribution is -2.35. The first kappa shape index (κ1) is 24.5. The van der Waals surface area contributed by atoms with E-state index in [2.05, 4.69) is 86.0 Å². The van der Waals surface area contributed by atoms with Crippen LogP contribution in [0.15, 0.2) is 77.6 Å². The highest BCUT2D eigenvalue weighted by molar-refractivity contribution is 7.18. The number of thiophene rings is 1. The molecule has 1 saturated heterocycles. The summed E-state index contributed by atoms with van der Waals surface area (Å²) in [6, 6.07) is 21.3. The van der Waals surface area contributed by atoms with Gasteiger partial charge in [-0.3, -0.25) is 4.79 Å². The molecule has 0 bridgehead atoms. The number of rotatable bonds is 6. The second kappa shape index (κ2) is 10.5. The van der Waals surface area contributed by atoms with Crippen molar-refractivity contribution in [3.63, 3.8) is 0 Å². The summed E-state index contributed by atoms with van der Waals surface area (Å²) < 4.78 is 5.24. The van der Waals surface area contributed by atoms with Gasteiger partial charge in [0.1, 0.15) is 0 Å². The molecule has 1 fully saturated rings. The molecule has 2 aromatic heterocycles. The van der Waals surface area contributed by atoms with Gasteiger partial charge in [-0.1, -0.05) is 69.3 Å². The van der Waals surface area contributed by atoms with Crippen LogP contribution in [0.25, 0.3) is 32.7 Å². The first-order valence-corrected chi connectivity index (χ1v) is 13.6. The zero-order valence-corrected chi connectivity index (χ0v) is 22.1. The average Bonchev–Trinajstić information content (AvgIpc) is 3.59. The maximum absolute atomic E-state index is 13.2. The van der Waals surface area contributed by atoms with Crippen molar-refractivity contribution in [1.29, 1.82) is 0 Å². The fraction of sp³-hybridized carbons (Fsp3) is 0.323. The van der Waals surface area contributed by atoms with Crippen molar-refractivity contribution in [2.24, 2.45) is 5.92 Å². The molecule has 4 aromatic rings. The van der Waals surface area contributed by atoms with Gasteiger partial charge in [0.2, 0.25) is 0 Å². The van der Waals surface area contributed by atoms with Crippen molar-refractivity contribution >= 4 is 17.2 Å². The van der Waals surface area contributed by atoms with E-state index in [0.717, 1.165) is 70.0 Å². The smallest absolute Gasteiger partial charge is 0.261 e. The van der Waals surface area contributed by atoms with Gasteiger partial charge in [0.15, 0.2) is 0 Å². The van der Waals surface area contributed by atoms with Crippen LogP contribution in [-0.4, -0.2) is 25.5 Å². The molecule has 186 valence electrons. The molecule has 0 spiro atoms. The molecule has 0 atom stereocenters. The van der Waals surface area contributed by atoms with Crippen molar-refractivity contribution in [2.75, 3.05) is 19.6 Å². The predicted molar refractivity (Wildman–Crippen MR) is 150 cm³/mol. The largest absolute Gasteiger partial charge is 0.472 e. The Kier molecular flexibility index (Phi) is 7.13. The van der Waals surface area contributed by atoms with E-state index in [1.165, 1.54) is 5.56 Å². The molecule has 1 aliphatic heterocycles. The Hall–Kier alpha value is -3.15. The van der Waals surface area contributed by atoms with Crippen molar-refractivity contribution in [2.45, 2.75) is 39.0 Å². The molecule has 5 heteroatoms. The first-order valence-electron chi connectivity index (χ1n) is 12.7. The fourth-order valence-electron chi connectivity index (χ4n) is 4.73. The topological polar surface area (TPSA) is 54.3 Å². The minimum Gasteiger partial charge on any atom is -0.472 e. The van der Waals surface area contributed by atoms with Gasteiger partial charge >= 0.3 is 0 Å². The van der Waals surface area contributed by atoms with Crippen LogP contribution in [0.2, 0.25) is 0 Å². The van der Waals surface area contributed by atoms with Crippen LogP contribution in [0, 0.1) is 5.92 Å². The lowest BCUT2D eigenvalue weighted by atomic mass is 9.86. The average molecular weight is 499 g/mol. The van der Waals surface area contributed by atoms with E-state index in [1.54, 1.807) is 23.9 Å². The van der Waals surface area contributed by atoms with Crippen LogP contribution in [0.4, 0.5) is 0 Å². The summed E-state index contributed by atoms with van der Waals surface area (Å²) in [7, 11) is 0. The number of carbonyl (C=O) groups is 1. The molecule has 0 unspecified atom stereocenters. The van der Waals surface area contributed by atoms with Crippen molar-refractivity contribution in [3.8, 4) is 32.7 Å². The molecule has 1 amide bonds. The van der Waals surface area contributed by atoms with Crippen LogP contribution in [0.3, 0.4) is 0 Å². The standard InChI is InChI=1S/C31H34N2O2S/c1-31(2,3)26-10-8-24(9-11-26)29-27(23-6-4-22(5-7-23)25-14-17-35-20-25)18-28(36-29)30(34)33-19-21-12-15-32-16-13-21/h4-11,14,17-18,20-21,32H,12-13,15-16,19H2,1-3H3,(H,33,34). The number of piperidine rings is 1. The third kappa shape index (κ3) is 5.48. The summed E-state index contributed by atoms with van der Waals surface area (Å²) in [5, 5.41) is 6.59. The molecule has 4 nitrogen and oxygen atoms in total. The number of hydrogen-bond acceptors (Lipinski definition) is 4. The lowest BCUT2D eigenvalue weighted by molar-refractivity contribution is 0.0948. The van der Waals surface area contributed by atoms with Gasteiger partial charge in [0.25, 0.3) is 5.91 Å². The van der Waals surface area contributed by atoms with Crippen LogP contribution in [-0.2, 0) is 5.41 Å². The number of carbonyl (C=O) groups excluding carboxylic acids is 1. The Morgan fingerprint density at radius 2 is 1.61 bits per heavy atom. The van der Waals surface area contributed by atoms with Crippen LogP contribution in [0.5, 0.6) is 0 Å². The van der Waals surface area contributed by atoms with Crippen molar-refractivity contribution in [1.82, 2.24) is 10.6 Å². The fourth-order valence-corrected chi connectivity index (χ4v) is 5.84. The second-order valence-corrected chi connectivity index (χ2v) is 11.7. The lowest BCUT2D eigenvalue weighted by Gasteiger charge is -2.22. The maximum atomic E-state index is 13.2. The summed E-state index contributed by atoms with van der Waals surface area (Å²) in [6.07, 6.45) is 5.68. The number of amides is 1. The molecule has 3 heterocycles. The second-order valence-electron chi connectivity index (χ2n) is 10.7. The third-order valence-corrected chi connectivity index (χ3v) is 8.21. The molecule has 36 heavy (non-hydrogen) atoms. The minimum absolute atomic E-state index is 0.0207. The van der Waals surface area contributed by atoms with E-state index in [4.69, 9.17) is 4.42 Å². The molecule has 1 aliphatic rings. The normalized spacial score (nSPS) is 14.6. The SMILES string of the molecule is CC(C)(C)c1ccc(-c2sc(C(=O)NCC3CCNCC3)cc2-c2ccc(-c3ccoc3)cc2)cc1. The molecule has 0 saturated carbocycles.